The van der Waals surface area contributed by atoms with Gasteiger partial charge in [-0.15, -0.1) is 34.9 Å². The molecule has 0 heterocycles. The topological polar surface area (TPSA) is 18.5 Å². The van der Waals surface area contributed by atoms with E-state index in [1.807, 2.05) is 0 Å². The van der Waals surface area contributed by atoms with E-state index < -0.39 is 0 Å². The third-order valence-electron chi connectivity index (χ3n) is 6.82. The predicted molar refractivity (Wildman–Crippen MR) is 172 cm³/mol. The summed E-state index contributed by atoms with van der Waals surface area (Å²) in [4.78, 5) is 0. The van der Waals surface area contributed by atoms with Crippen LogP contribution in [0.3, 0.4) is 0 Å². The van der Waals surface area contributed by atoms with Gasteiger partial charge in [-0.25, -0.2) is 6.08 Å². The van der Waals surface area contributed by atoms with Crippen molar-refractivity contribution < 1.29 is 32.8 Å². The number of allylic oxidation sites excluding steroid dienone is 1. The number of ether oxygens (including phenoxy) is 2. The molecule has 0 amide bonds. The molecule has 2 nitrogen and oxygen atoms in total. The molecule has 0 N–H and O–H groups in total. The Bertz CT molecular complexity index is 1380. The summed E-state index contributed by atoms with van der Waals surface area (Å²) < 4.78 is 11.5. The van der Waals surface area contributed by atoms with Gasteiger partial charge >= 0.3 is 30.2 Å². The zero-order valence-electron chi connectivity index (χ0n) is 26.0. The van der Waals surface area contributed by atoms with Gasteiger partial charge in [0.05, 0.1) is 14.2 Å². The fourth-order valence-corrected chi connectivity index (χ4v) is 4.86. The quantitative estimate of drug-likeness (QED) is 0.166. The standard InChI is InChI=1S/C25H31O2.C9H7.2CH3.Si.Zr/c1-24(2,3)20-14-16(15-21(23(20)27-8)25(4,5)6)17-12-13-22(26-7)19-11-9-10-18(17)19;1-2-5-9-7-3-6-8(9)4-1;;;;/h9-15H,1-8H3;1-2,4-6H,7H2;2*1H3;;/q4*-1;;. The average Bonchev–Trinajstić information content (AvgIpc) is 3.58. The molecule has 1 aliphatic rings. The van der Waals surface area contributed by atoms with Crippen LogP contribution in [0.2, 0.25) is 0 Å². The molecule has 0 aromatic heterocycles. The van der Waals surface area contributed by atoms with Crippen LogP contribution >= 0.6 is 0 Å². The van der Waals surface area contributed by atoms with E-state index in [4.69, 9.17) is 9.47 Å². The molecule has 212 valence electrons. The molecule has 40 heavy (non-hydrogen) atoms. The maximum absolute atomic E-state index is 5.91. The molecule has 0 unspecified atom stereocenters. The third kappa shape index (κ3) is 7.92. The van der Waals surface area contributed by atoms with Crippen LogP contribution < -0.4 is 9.47 Å². The molecule has 0 spiro atoms. The van der Waals surface area contributed by atoms with Crippen molar-refractivity contribution in [3.05, 3.63) is 110 Å². The molecule has 4 aromatic carbocycles. The molecule has 0 atom stereocenters. The van der Waals surface area contributed by atoms with E-state index in [0.717, 1.165) is 23.3 Å². The van der Waals surface area contributed by atoms with Crippen molar-refractivity contribution in [3.63, 3.8) is 0 Å². The van der Waals surface area contributed by atoms with Gasteiger partial charge in [-0.3, -0.25) is 6.08 Å². The molecule has 0 saturated carbocycles. The molecule has 0 bridgehead atoms. The van der Waals surface area contributed by atoms with Crippen LogP contribution in [0.1, 0.15) is 63.8 Å². The molecule has 5 rings (SSSR count). The van der Waals surface area contributed by atoms with E-state index in [1.165, 1.54) is 62.1 Å². The van der Waals surface area contributed by atoms with E-state index in [9.17, 15) is 0 Å². The van der Waals surface area contributed by atoms with Crippen molar-refractivity contribution in [2.24, 2.45) is 0 Å². The van der Waals surface area contributed by atoms with E-state index in [0.29, 0.717) is 0 Å². The summed E-state index contributed by atoms with van der Waals surface area (Å²) in [6, 6.07) is 23.6. The number of hydrogen-bond acceptors (Lipinski definition) is 2. The van der Waals surface area contributed by atoms with Gasteiger partial charge in [-0.1, -0.05) is 77.4 Å². The number of hydrogen-bond donors (Lipinski definition) is 0. The number of methoxy groups -OCH3 is 2. The van der Waals surface area contributed by atoms with Crippen molar-refractivity contribution in [3.8, 4) is 22.6 Å². The van der Waals surface area contributed by atoms with E-state index >= 15 is 0 Å². The molecule has 0 aliphatic heterocycles. The number of fused-ring (bicyclic) bond motifs is 2. The van der Waals surface area contributed by atoms with E-state index in [1.54, 1.807) is 14.2 Å². The van der Waals surface area contributed by atoms with Crippen LogP contribution in [0, 0.1) is 20.9 Å². The second-order valence-electron chi connectivity index (χ2n) is 11.5. The fraction of sp³-hybridized carbons (Fsp3) is 0.306. The first-order chi connectivity index (χ1) is 18.0. The first-order valence-electron chi connectivity index (χ1n) is 12.9. The van der Waals surface area contributed by atoms with Gasteiger partial charge < -0.3 is 24.3 Å². The van der Waals surface area contributed by atoms with Crippen molar-refractivity contribution >= 4 is 23.7 Å². The van der Waals surface area contributed by atoms with Gasteiger partial charge in [-0.2, -0.15) is 17.7 Å². The van der Waals surface area contributed by atoms with Crippen molar-refractivity contribution in [2.45, 2.75) is 58.8 Å². The fourth-order valence-electron chi connectivity index (χ4n) is 4.86. The summed E-state index contributed by atoms with van der Waals surface area (Å²) in [5.74, 6) is 1.92. The molecule has 0 saturated heterocycles. The van der Waals surface area contributed by atoms with Crippen LogP contribution in [0.4, 0.5) is 0 Å². The molecular formula is C36H44O2SiZr-4. The average molecular weight is 628 g/mol. The Balaban J connectivity index is 0.000000516. The number of benzene rings is 3. The summed E-state index contributed by atoms with van der Waals surface area (Å²) in [5, 5.41) is 2.37. The van der Waals surface area contributed by atoms with Gasteiger partial charge in [0, 0.05) is 16.9 Å². The Kier molecular flexibility index (Phi) is 13.5. The second kappa shape index (κ2) is 15.1. The zero-order valence-corrected chi connectivity index (χ0v) is 29.4. The van der Waals surface area contributed by atoms with Gasteiger partial charge in [-0.05, 0) is 28.5 Å². The summed E-state index contributed by atoms with van der Waals surface area (Å²) in [7, 11) is 3.51. The van der Waals surface area contributed by atoms with Crippen LogP contribution in [-0.4, -0.2) is 21.1 Å². The van der Waals surface area contributed by atoms with E-state index in [-0.39, 0.29) is 25.7 Å². The molecule has 4 heteroatoms. The summed E-state index contributed by atoms with van der Waals surface area (Å²) in [6.45, 7) is 16.5. The third-order valence-corrected chi connectivity index (χ3v) is 6.82. The zero-order chi connectivity index (χ0) is 28.1. The minimum atomic E-state index is -0.0149. The Labute approximate surface area is 260 Å². The Hall–Kier alpha value is -2.29. The molecule has 1 aliphatic carbocycles. The molecular weight excluding hydrogens is 584 g/mol. The van der Waals surface area contributed by atoms with E-state index in [2.05, 4.69) is 127 Å². The van der Waals surface area contributed by atoms with Gasteiger partial charge in [0.25, 0.3) is 0 Å². The summed E-state index contributed by atoms with van der Waals surface area (Å²) in [5.41, 5.74) is 7.64. The van der Waals surface area contributed by atoms with Crippen LogP contribution in [0.5, 0.6) is 11.5 Å². The van der Waals surface area contributed by atoms with Crippen LogP contribution in [-0.2, 0) is 40.6 Å². The predicted octanol–water partition coefficient (Wildman–Crippen LogP) is 9.41. The maximum atomic E-state index is 5.91. The van der Waals surface area contributed by atoms with Crippen molar-refractivity contribution in [1.82, 2.24) is 0 Å². The minimum absolute atomic E-state index is 0. The molecule has 0 fully saturated rings. The van der Waals surface area contributed by atoms with Crippen LogP contribution in [0.15, 0.2) is 66.7 Å². The summed E-state index contributed by atoms with van der Waals surface area (Å²) in [6.07, 6.45) is 6.21. The first-order valence-corrected chi connectivity index (χ1v) is 17.1. The van der Waals surface area contributed by atoms with Crippen LogP contribution in [0.25, 0.3) is 28.0 Å². The van der Waals surface area contributed by atoms with Gasteiger partial charge in [0.1, 0.15) is 5.75 Å². The van der Waals surface area contributed by atoms with Gasteiger partial charge in [0.2, 0.25) is 0 Å². The Morgan fingerprint density at radius 3 is 1.95 bits per heavy atom. The first kappa shape index (κ1) is 35.7. The Morgan fingerprint density at radius 1 is 0.825 bits per heavy atom. The molecule has 2 radical (unpaired) electrons. The summed E-state index contributed by atoms with van der Waals surface area (Å²) >= 11 is 1.36. The van der Waals surface area contributed by atoms with Crippen molar-refractivity contribution in [2.75, 3.05) is 14.2 Å². The second-order valence-corrected chi connectivity index (χ2v) is 11.5. The normalized spacial score (nSPS) is 11.6. The molecule has 4 aromatic rings. The monoisotopic (exact) mass is 626 g/mol. The van der Waals surface area contributed by atoms with Crippen molar-refractivity contribution in [1.29, 1.82) is 0 Å². The Morgan fingerprint density at radius 2 is 1.43 bits per heavy atom. The SMILES string of the molecule is COc1c(C(C)(C)C)cc(-c2ccc(OC)c3[cH-]ccc23)cc1C(C)(C)C.[C-]1=Cc2ccccc2C1.[CH3-].[CH3-].[Si]=[Zr]. The van der Waals surface area contributed by atoms with Gasteiger partial charge in [0.15, 0.2) is 0 Å². The number of rotatable bonds is 3.